The van der Waals surface area contributed by atoms with Crippen LogP contribution in [0.5, 0.6) is 0 Å². The van der Waals surface area contributed by atoms with E-state index in [-0.39, 0.29) is 30.8 Å². The van der Waals surface area contributed by atoms with E-state index in [9.17, 15) is 14.4 Å². The van der Waals surface area contributed by atoms with Gasteiger partial charge in [0.2, 0.25) is 11.8 Å². The van der Waals surface area contributed by atoms with Gasteiger partial charge in [-0.1, -0.05) is 60.2 Å². The van der Waals surface area contributed by atoms with Crippen LogP contribution in [0.25, 0.3) is 0 Å². The fourth-order valence-corrected chi connectivity index (χ4v) is 2.92. The molecule has 1 fully saturated rings. The Bertz CT molecular complexity index is 802. The summed E-state index contributed by atoms with van der Waals surface area (Å²) in [5, 5.41) is 5.53. The minimum Gasteiger partial charge on any atom is -0.350 e. The van der Waals surface area contributed by atoms with Gasteiger partial charge in [-0.05, 0) is 18.1 Å². The van der Waals surface area contributed by atoms with Gasteiger partial charge in [0, 0.05) is 6.54 Å². The first-order valence-electron chi connectivity index (χ1n) is 8.51. The number of nitrogens with one attached hydrogen (secondary N) is 2. The molecule has 0 radical (unpaired) electrons. The Morgan fingerprint density at radius 2 is 1.92 bits per heavy atom. The number of imide groups is 1. The van der Waals surface area contributed by atoms with E-state index in [2.05, 4.69) is 10.6 Å². The summed E-state index contributed by atoms with van der Waals surface area (Å²) < 4.78 is 0. The Hall–Kier alpha value is -3.15. The van der Waals surface area contributed by atoms with Crippen molar-refractivity contribution in [3.8, 4) is 0 Å². The molecular weight excluding hydrogens is 330 g/mol. The Balaban J connectivity index is 1.57. The van der Waals surface area contributed by atoms with Crippen molar-refractivity contribution >= 4 is 17.8 Å². The second-order valence-electron chi connectivity index (χ2n) is 6.36. The van der Waals surface area contributed by atoms with E-state index in [0.717, 1.165) is 21.6 Å². The third kappa shape index (κ3) is 4.27. The summed E-state index contributed by atoms with van der Waals surface area (Å²) in [7, 11) is 0. The fraction of sp³-hybridized carbons (Fsp3) is 0.250. The van der Waals surface area contributed by atoms with Crippen LogP contribution in [-0.4, -0.2) is 29.3 Å². The Morgan fingerprint density at radius 1 is 1.15 bits per heavy atom. The van der Waals surface area contributed by atoms with E-state index in [4.69, 9.17) is 0 Å². The summed E-state index contributed by atoms with van der Waals surface area (Å²) in [6.45, 7) is 2.03. The quantitative estimate of drug-likeness (QED) is 0.867. The summed E-state index contributed by atoms with van der Waals surface area (Å²) in [6.07, 6.45) is 0.140. The second-order valence-corrected chi connectivity index (χ2v) is 6.36. The number of hydrogen-bond acceptors (Lipinski definition) is 3. The van der Waals surface area contributed by atoms with E-state index in [0.29, 0.717) is 6.54 Å². The van der Waals surface area contributed by atoms with Crippen LogP contribution in [0.15, 0.2) is 54.6 Å². The van der Waals surface area contributed by atoms with Gasteiger partial charge in [-0.3, -0.25) is 14.5 Å². The van der Waals surface area contributed by atoms with Crippen molar-refractivity contribution in [2.45, 2.75) is 25.9 Å². The maximum absolute atomic E-state index is 12.4. The van der Waals surface area contributed by atoms with Gasteiger partial charge in [0.1, 0.15) is 6.54 Å². The lowest BCUT2D eigenvalue weighted by atomic mass is 9.99. The number of nitrogens with zero attached hydrogens (tertiary/aromatic N) is 1. The summed E-state index contributed by atoms with van der Waals surface area (Å²) >= 11 is 0. The van der Waals surface area contributed by atoms with Gasteiger partial charge in [-0.25, -0.2) is 4.79 Å². The molecule has 1 heterocycles. The lowest BCUT2D eigenvalue weighted by molar-refractivity contribution is -0.134. The molecule has 2 aromatic rings. The zero-order valence-electron chi connectivity index (χ0n) is 14.6. The van der Waals surface area contributed by atoms with Crippen molar-refractivity contribution < 1.29 is 14.4 Å². The number of carbonyl (C=O) groups excluding carboxylic acids is 3. The summed E-state index contributed by atoms with van der Waals surface area (Å²) in [6, 6.07) is 16.2. The topological polar surface area (TPSA) is 78.5 Å². The highest BCUT2D eigenvalue weighted by molar-refractivity contribution is 6.00. The highest BCUT2D eigenvalue weighted by Gasteiger charge is 2.33. The van der Waals surface area contributed by atoms with Gasteiger partial charge in [0.05, 0.1) is 12.5 Å². The number of urea groups is 1. The van der Waals surface area contributed by atoms with Crippen LogP contribution in [0.3, 0.4) is 0 Å². The van der Waals surface area contributed by atoms with Gasteiger partial charge in [0.15, 0.2) is 0 Å². The summed E-state index contributed by atoms with van der Waals surface area (Å²) in [4.78, 5) is 37.7. The van der Waals surface area contributed by atoms with Crippen LogP contribution < -0.4 is 10.6 Å². The van der Waals surface area contributed by atoms with Crippen molar-refractivity contribution in [1.29, 1.82) is 0 Å². The molecule has 2 aromatic carbocycles. The highest BCUT2D eigenvalue weighted by atomic mass is 16.2. The van der Waals surface area contributed by atoms with Crippen LogP contribution in [0.2, 0.25) is 0 Å². The minimum absolute atomic E-state index is 0.140. The molecule has 0 aromatic heterocycles. The van der Waals surface area contributed by atoms with E-state index in [1.54, 1.807) is 0 Å². The molecule has 26 heavy (non-hydrogen) atoms. The van der Waals surface area contributed by atoms with E-state index >= 15 is 0 Å². The molecule has 3 rings (SSSR count). The lowest BCUT2D eigenvalue weighted by Crippen LogP contribution is -2.54. The van der Waals surface area contributed by atoms with E-state index in [1.807, 2.05) is 61.5 Å². The smallest absolute Gasteiger partial charge is 0.325 e. The van der Waals surface area contributed by atoms with Gasteiger partial charge < -0.3 is 10.6 Å². The van der Waals surface area contributed by atoms with Crippen LogP contribution in [-0.2, 0) is 16.1 Å². The van der Waals surface area contributed by atoms with Crippen molar-refractivity contribution in [2.75, 3.05) is 6.54 Å². The predicted molar refractivity (Wildman–Crippen MR) is 97.1 cm³/mol. The van der Waals surface area contributed by atoms with Gasteiger partial charge in [-0.15, -0.1) is 0 Å². The third-order valence-corrected chi connectivity index (χ3v) is 4.30. The zero-order valence-corrected chi connectivity index (χ0v) is 14.6. The molecule has 2 N–H and O–H groups in total. The third-order valence-electron chi connectivity index (χ3n) is 4.30. The average Bonchev–Trinajstić information content (AvgIpc) is 2.63. The zero-order chi connectivity index (χ0) is 18.5. The normalized spacial score (nSPS) is 17.0. The molecule has 1 unspecified atom stereocenters. The molecule has 4 amide bonds. The first-order chi connectivity index (χ1) is 12.5. The van der Waals surface area contributed by atoms with E-state index in [1.165, 1.54) is 0 Å². The molecule has 0 saturated carbocycles. The van der Waals surface area contributed by atoms with E-state index < -0.39 is 6.03 Å². The summed E-state index contributed by atoms with van der Waals surface area (Å²) in [5.41, 5.74) is 2.90. The first kappa shape index (κ1) is 17.7. The molecule has 0 spiro atoms. The van der Waals surface area contributed by atoms with Crippen molar-refractivity contribution in [1.82, 2.24) is 15.5 Å². The van der Waals surface area contributed by atoms with Gasteiger partial charge in [-0.2, -0.15) is 0 Å². The molecule has 6 nitrogen and oxygen atoms in total. The number of aryl methyl sites for hydroxylation is 1. The second kappa shape index (κ2) is 7.82. The van der Waals surface area contributed by atoms with Gasteiger partial charge in [0.25, 0.3) is 0 Å². The standard InChI is InChI=1S/C20H21N3O3/c1-14-6-5-9-16(10-14)17-11-19(25)23(20(26)22-17)13-18(24)21-12-15-7-3-2-4-8-15/h2-10,17H,11-13H2,1H3,(H,21,24)(H,22,26). The fourth-order valence-electron chi connectivity index (χ4n) is 2.92. The molecule has 1 aliphatic heterocycles. The molecule has 1 atom stereocenters. The van der Waals surface area contributed by atoms with Crippen LogP contribution >= 0.6 is 0 Å². The molecule has 1 saturated heterocycles. The Labute approximate surface area is 152 Å². The highest BCUT2D eigenvalue weighted by Crippen LogP contribution is 2.23. The molecule has 134 valence electrons. The molecule has 0 aliphatic carbocycles. The van der Waals surface area contributed by atoms with Crippen molar-refractivity contribution in [2.24, 2.45) is 0 Å². The number of amides is 4. The molecule has 6 heteroatoms. The number of benzene rings is 2. The number of carbonyl (C=O) groups is 3. The monoisotopic (exact) mass is 351 g/mol. The summed E-state index contributed by atoms with van der Waals surface area (Å²) in [5.74, 6) is -0.721. The molecular formula is C20H21N3O3. The number of rotatable bonds is 5. The van der Waals surface area contributed by atoms with Crippen molar-refractivity contribution in [3.05, 3.63) is 71.3 Å². The molecule has 0 bridgehead atoms. The van der Waals surface area contributed by atoms with Crippen LogP contribution in [0.1, 0.15) is 29.2 Å². The average molecular weight is 351 g/mol. The Morgan fingerprint density at radius 3 is 2.62 bits per heavy atom. The van der Waals surface area contributed by atoms with Crippen LogP contribution in [0, 0.1) is 6.92 Å². The lowest BCUT2D eigenvalue weighted by Gasteiger charge is -2.31. The predicted octanol–water partition coefficient (Wildman–Crippen LogP) is 2.29. The molecule has 1 aliphatic rings. The Kier molecular flexibility index (Phi) is 5.31. The number of hydrogen-bond donors (Lipinski definition) is 2. The maximum Gasteiger partial charge on any atom is 0.325 e. The first-order valence-corrected chi connectivity index (χ1v) is 8.51. The van der Waals surface area contributed by atoms with Crippen molar-refractivity contribution in [3.63, 3.8) is 0 Å². The SMILES string of the molecule is Cc1cccc(C2CC(=O)N(CC(=O)NCc3ccccc3)C(=O)N2)c1. The minimum atomic E-state index is -0.539. The largest absolute Gasteiger partial charge is 0.350 e. The van der Waals surface area contributed by atoms with Gasteiger partial charge >= 0.3 is 6.03 Å². The van der Waals surface area contributed by atoms with Crippen LogP contribution in [0.4, 0.5) is 4.79 Å². The maximum atomic E-state index is 12.4.